The van der Waals surface area contributed by atoms with Crippen LogP contribution in [-0.4, -0.2) is 78.8 Å². The molecule has 2 saturated heterocycles. The molecule has 4 heterocycles. The van der Waals surface area contributed by atoms with Gasteiger partial charge in [0.25, 0.3) is 5.91 Å². The van der Waals surface area contributed by atoms with Crippen LogP contribution in [0.4, 0.5) is 10.1 Å². The number of amides is 1. The highest BCUT2D eigenvalue weighted by Crippen LogP contribution is 2.42. The number of aromatic nitrogens is 1. The molecule has 0 radical (unpaired) electrons. The summed E-state index contributed by atoms with van der Waals surface area (Å²) in [5, 5.41) is 3.30. The number of hydrogen-bond acceptors (Lipinski definition) is 7. The Morgan fingerprint density at radius 2 is 2.00 bits per heavy atom. The second-order valence-corrected chi connectivity index (χ2v) is 9.77. The molecule has 3 N–H and O–H groups in total. The van der Waals surface area contributed by atoms with Gasteiger partial charge < -0.3 is 30.0 Å². The molecule has 9 nitrogen and oxygen atoms in total. The van der Waals surface area contributed by atoms with E-state index in [0.717, 1.165) is 19.6 Å². The molecule has 0 bridgehead atoms. The average Bonchev–Trinajstić information content (AvgIpc) is 3.20. The lowest BCUT2D eigenvalue weighted by atomic mass is 10.1. The quantitative estimate of drug-likeness (QED) is 0.639. The molecular weight excluding hydrogens is 477 g/mol. The number of benzene rings is 1. The molecule has 10 heteroatoms. The van der Waals surface area contributed by atoms with Crippen LogP contribution in [-0.2, 0) is 4.74 Å². The first kappa shape index (κ1) is 23.9. The van der Waals surface area contributed by atoms with Crippen LogP contribution in [0.3, 0.4) is 0 Å². The zero-order valence-corrected chi connectivity index (χ0v) is 20.5. The van der Waals surface area contributed by atoms with Gasteiger partial charge in [0.05, 0.1) is 24.3 Å². The average molecular weight is 508 g/mol. The first-order valence-corrected chi connectivity index (χ1v) is 12.8. The Hall–Kier alpha value is -3.47. The number of fused-ring (bicyclic) bond motifs is 1. The van der Waals surface area contributed by atoms with Crippen molar-refractivity contribution in [1.82, 2.24) is 14.4 Å². The van der Waals surface area contributed by atoms with E-state index < -0.39 is 11.2 Å². The molecule has 3 aliphatic heterocycles. The molecule has 4 aliphatic rings. The highest BCUT2D eigenvalue weighted by atomic mass is 19.1. The van der Waals surface area contributed by atoms with Gasteiger partial charge in [0.2, 0.25) is 5.43 Å². The van der Waals surface area contributed by atoms with Crippen molar-refractivity contribution in [2.45, 2.75) is 18.9 Å². The van der Waals surface area contributed by atoms with Crippen molar-refractivity contribution in [3.05, 3.63) is 63.9 Å². The zero-order valence-electron chi connectivity index (χ0n) is 20.5. The van der Waals surface area contributed by atoms with E-state index in [4.69, 9.17) is 15.2 Å². The molecular formula is C27H30FN5O4. The number of carbonyl (C=O) groups is 1. The standard InChI is InChI=1S/C27H30FN5O4/c28-20-14-18-24-26(23(20)30-7-9-31-10-12-36-13-11-31)37-22-5-3-1-2-4-21(22)33(24)16-19(25(18)34)27(35)32-8-6-17(29)15-32/h2-5,14,16-17,30H,1,6-13,15,29H2. The molecule has 1 unspecified atom stereocenters. The molecule has 1 atom stereocenters. The summed E-state index contributed by atoms with van der Waals surface area (Å²) < 4.78 is 29.0. The lowest BCUT2D eigenvalue weighted by Crippen LogP contribution is -2.39. The fourth-order valence-electron chi connectivity index (χ4n) is 5.33. The first-order chi connectivity index (χ1) is 18.0. The molecule has 194 valence electrons. The minimum absolute atomic E-state index is 0.00430. The van der Waals surface area contributed by atoms with E-state index in [1.165, 1.54) is 6.07 Å². The van der Waals surface area contributed by atoms with Crippen molar-refractivity contribution in [1.29, 1.82) is 0 Å². The molecule has 37 heavy (non-hydrogen) atoms. The predicted octanol–water partition coefficient (Wildman–Crippen LogP) is 2.13. The summed E-state index contributed by atoms with van der Waals surface area (Å²) in [6, 6.07) is 1.10. The smallest absolute Gasteiger partial charge is 0.259 e. The SMILES string of the molecule is NC1CCN(C(=O)c2cn3c4c(c(NCCN5CCOCC5)c(F)cc4c2=O)OC2=C3C=CCC=C2)C1. The molecule has 1 aromatic heterocycles. The van der Waals surface area contributed by atoms with Gasteiger partial charge in [-0.1, -0.05) is 12.2 Å². The van der Waals surface area contributed by atoms with Crippen molar-refractivity contribution in [2.75, 3.05) is 57.8 Å². The second-order valence-electron chi connectivity index (χ2n) is 9.77. The minimum Gasteiger partial charge on any atom is -0.451 e. The van der Waals surface area contributed by atoms with Gasteiger partial charge >= 0.3 is 0 Å². The van der Waals surface area contributed by atoms with Gasteiger partial charge in [0.1, 0.15) is 16.8 Å². The number of ether oxygens (including phenoxy) is 2. The van der Waals surface area contributed by atoms with E-state index in [0.29, 0.717) is 62.7 Å². The van der Waals surface area contributed by atoms with Crippen molar-refractivity contribution in [2.24, 2.45) is 5.73 Å². The lowest BCUT2D eigenvalue weighted by Gasteiger charge is -2.28. The van der Waals surface area contributed by atoms with Crippen LogP contribution < -0.4 is 21.2 Å². The Balaban J connectivity index is 1.45. The molecule has 1 amide bonds. The van der Waals surface area contributed by atoms with Crippen LogP contribution in [0.5, 0.6) is 5.75 Å². The number of allylic oxidation sites excluding steroid dienone is 5. The Labute approximate surface area is 213 Å². The summed E-state index contributed by atoms with van der Waals surface area (Å²) in [6.07, 6.45) is 10.6. The first-order valence-electron chi connectivity index (χ1n) is 12.8. The summed E-state index contributed by atoms with van der Waals surface area (Å²) >= 11 is 0. The third-order valence-electron chi connectivity index (χ3n) is 7.31. The third-order valence-corrected chi connectivity index (χ3v) is 7.31. The normalized spacial score (nSPS) is 21.2. The number of hydrogen-bond donors (Lipinski definition) is 2. The monoisotopic (exact) mass is 507 g/mol. The molecule has 0 saturated carbocycles. The van der Waals surface area contributed by atoms with Crippen molar-refractivity contribution in [3.63, 3.8) is 0 Å². The van der Waals surface area contributed by atoms with Gasteiger partial charge in [-0.05, 0) is 31.1 Å². The van der Waals surface area contributed by atoms with Crippen LogP contribution in [0.1, 0.15) is 23.2 Å². The highest BCUT2D eigenvalue weighted by molar-refractivity contribution is 6.02. The van der Waals surface area contributed by atoms with Crippen LogP contribution in [0.25, 0.3) is 16.6 Å². The lowest BCUT2D eigenvalue weighted by molar-refractivity contribution is 0.0398. The largest absolute Gasteiger partial charge is 0.451 e. The van der Waals surface area contributed by atoms with E-state index >= 15 is 4.39 Å². The maximum absolute atomic E-state index is 15.6. The van der Waals surface area contributed by atoms with Gasteiger partial charge in [-0.2, -0.15) is 0 Å². The maximum atomic E-state index is 15.6. The number of nitrogens with one attached hydrogen (secondary N) is 1. The van der Waals surface area contributed by atoms with Crippen LogP contribution in [0.2, 0.25) is 0 Å². The van der Waals surface area contributed by atoms with Crippen LogP contribution in [0, 0.1) is 5.82 Å². The number of likely N-dealkylation sites (tertiary alicyclic amines) is 1. The second kappa shape index (κ2) is 9.77. The summed E-state index contributed by atoms with van der Waals surface area (Å²) in [5.41, 5.74) is 6.80. The van der Waals surface area contributed by atoms with Crippen LogP contribution in [0.15, 0.2) is 47.1 Å². The van der Waals surface area contributed by atoms with E-state index in [9.17, 15) is 9.59 Å². The fourth-order valence-corrected chi connectivity index (χ4v) is 5.33. The van der Waals surface area contributed by atoms with Gasteiger partial charge in [-0.25, -0.2) is 4.39 Å². The van der Waals surface area contributed by atoms with E-state index in [-0.39, 0.29) is 34.3 Å². The summed E-state index contributed by atoms with van der Waals surface area (Å²) in [4.78, 5) is 30.8. The number of carbonyl (C=O) groups excluding carboxylic acids is 1. The molecule has 2 fully saturated rings. The summed E-state index contributed by atoms with van der Waals surface area (Å²) in [6.45, 7) is 5.13. The summed E-state index contributed by atoms with van der Waals surface area (Å²) in [5.74, 6) is -0.220. The van der Waals surface area contributed by atoms with E-state index in [1.54, 1.807) is 15.7 Å². The van der Waals surface area contributed by atoms with Gasteiger partial charge in [-0.3, -0.25) is 14.5 Å². The predicted molar refractivity (Wildman–Crippen MR) is 139 cm³/mol. The number of halogens is 1. The highest BCUT2D eigenvalue weighted by Gasteiger charge is 2.31. The number of nitrogens with two attached hydrogens (primary N) is 1. The minimum atomic E-state index is -0.599. The zero-order chi connectivity index (χ0) is 25.5. The number of morpholine rings is 1. The number of pyridine rings is 1. The Bertz CT molecular complexity index is 1410. The Kier molecular flexibility index (Phi) is 6.31. The fraction of sp³-hybridized carbons (Fsp3) is 0.407. The maximum Gasteiger partial charge on any atom is 0.259 e. The van der Waals surface area contributed by atoms with Gasteiger partial charge in [-0.15, -0.1) is 0 Å². The molecule has 2 aromatic rings. The molecule has 6 rings (SSSR count). The van der Waals surface area contributed by atoms with E-state index in [1.807, 2.05) is 24.3 Å². The van der Waals surface area contributed by atoms with Crippen molar-refractivity contribution >= 4 is 28.2 Å². The topological polar surface area (TPSA) is 102 Å². The van der Waals surface area contributed by atoms with Crippen LogP contribution >= 0.6 is 0 Å². The Morgan fingerprint density at radius 3 is 2.78 bits per heavy atom. The van der Waals surface area contributed by atoms with Crippen molar-refractivity contribution in [3.8, 4) is 5.75 Å². The number of nitrogens with zero attached hydrogens (tertiary/aromatic N) is 3. The molecule has 1 aliphatic carbocycles. The Morgan fingerprint density at radius 1 is 1.19 bits per heavy atom. The number of anilines is 1. The number of rotatable bonds is 5. The van der Waals surface area contributed by atoms with Gasteiger partial charge in [0.15, 0.2) is 17.3 Å². The van der Waals surface area contributed by atoms with E-state index in [2.05, 4.69) is 10.2 Å². The van der Waals surface area contributed by atoms with Gasteiger partial charge in [0, 0.05) is 51.5 Å². The molecule has 0 spiro atoms. The molecule has 1 aromatic carbocycles. The third kappa shape index (κ3) is 4.35. The summed E-state index contributed by atoms with van der Waals surface area (Å²) in [7, 11) is 0. The van der Waals surface area contributed by atoms with Crippen molar-refractivity contribution < 1.29 is 18.7 Å².